The summed E-state index contributed by atoms with van der Waals surface area (Å²) in [6.07, 6.45) is 3.41. The zero-order chi connectivity index (χ0) is 21.3. The zero-order valence-corrected chi connectivity index (χ0v) is 17.9. The van der Waals surface area contributed by atoms with Gasteiger partial charge >= 0.3 is 0 Å². The molecule has 1 unspecified atom stereocenters. The first-order valence-corrected chi connectivity index (χ1v) is 10.9. The van der Waals surface area contributed by atoms with Crippen LogP contribution in [-0.2, 0) is 21.4 Å². The molecule has 1 atom stereocenters. The van der Waals surface area contributed by atoms with E-state index in [1.807, 2.05) is 18.2 Å². The van der Waals surface area contributed by atoms with Gasteiger partial charge in [0, 0.05) is 49.4 Å². The highest BCUT2D eigenvalue weighted by atomic mass is 32.2. The van der Waals surface area contributed by atoms with E-state index in [2.05, 4.69) is 33.6 Å². The minimum atomic E-state index is -3.62. The number of anilines is 1. The molecule has 1 aromatic heterocycles. The molecule has 29 heavy (non-hydrogen) atoms. The molecule has 0 saturated heterocycles. The Morgan fingerprint density at radius 3 is 2.55 bits per heavy atom. The van der Waals surface area contributed by atoms with Gasteiger partial charge in [0.2, 0.25) is 0 Å². The molecule has 1 heterocycles. The quantitative estimate of drug-likeness (QED) is 0.387. The summed E-state index contributed by atoms with van der Waals surface area (Å²) >= 11 is 0. The molecule has 0 bridgehead atoms. The van der Waals surface area contributed by atoms with Gasteiger partial charge in [-0.2, -0.15) is 13.1 Å². The van der Waals surface area contributed by atoms with Gasteiger partial charge in [-0.3, -0.25) is 9.71 Å². The van der Waals surface area contributed by atoms with Crippen molar-refractivity contribution in [2.24, 2.45) is 0 Å². The lowest BCUT2D eigenvalue weighted by Crippen LogP contribution is -2.43. The van der Waals surface area contributed by atoms with Gasteiger partial charge in [-0.05, 0) is 44.0 Å². The number of hydrogen-bond acceptors (Lipinski definition) is 6. The standard InChI is InChI=1S/C20H30N4O4S/c1-20(2,22-15-19(25)17-5-4-10-21-14-17)13-16-6-8-18(9-7-16)24-29(26,27)23-11-12-28-3/h4-10,14,19,22-25H,11-13,15H2,1-3H3. The van der Waals surface area contributed by atoms with Crippen LogP contribution in [0.2, 0.25) is 0 Å². The fraction of sp³-hybridized carbons (Fsp3) is 0.450. The van der Waals surface area contributed by atoms with Crippen LogP contribution in [0, 0.1) is 0 Å². The SMILES string of the molecule is COCCNS(=O)(=O)Nc1ccc(CC(C)(C)NCC(O)c2cccnc2)cc1. The molecule has 0 amide bonds. The number of aromatic nitrogens is 1. The van der Waals surface area contributed by atoms with E-state index in [0.717, 1.165) is 11.1 Å². The van der Waals surface area contributed by atoms with Crippen molar-refractivity contribution in [1.29, 1.82) is 0 Å². The molecule has 2 aromatic rings. The average molecular weight is 423 g/mol. The summed E-state index contributed by atoms with van der Waals surface area (Å²) in [4.78, 5) is 4.02. The lowest BCUT2D eigenvalue weighted by atomic mass is 9.94. The van der Waals surface area contributed by atoms with Crippen molar-refractivity contribution >= 4 is 15.9 Å². The second-order valence-electron chi connectivity index (χ2n) is 7.43. The molecule has 0 aliphatic heterocycles. The third-order valence-electron chi connectivity index (χ3n) is 4.29. The molecule has 1 aromatic carbocycles. The number of hydrogen-bond donors (Lipinski definition) is 4. The molecule has 0 fully saturated rings. The van der Waals surface area contributed by atoms with Crippen molar-refractivity contribution in [3.05, 3.63) is 59.9 Å². The smallest absolute Gasteiger partial charge is 0.299 e. The summed E-state index contributed by atoms with van der Waals surface area (Å²) in [5, 5.41) is 13.7. The summed E-state index contributed by atoms with van der Waals surface area (Å²) in [5.41, 5.74) is 2.04. The van der Waals surface area contributed by atoms with Gasteiger partial charge in [0.25, 0.3) is 10.2 Å². The maximum absolute atomic E-state index is 11.9. The molecule has 0 aliphatic rings. The number of benzene rings is 1. The molecule has 9 heteroatoms. The van der Waals surface area contributed by atoms with E-state index in [1.54, 1.807) is 30.6 Å². The number of methoxy groups -OCH3 is 1. The summed E-state index contributed by atoms with van der Waals surface area (Å²) in [7, 11) is -2.11. The van der Waals surface area contributed by atoms with Crippen LogP contribution in [0.5, 0.6) is 0 Å². The average Bonchev–Trinajstić information content (AvgIpc) is 2.68. The molecular formula is C20H30N4O4S. The van der Waals surface area contributed by atoms with E-state index in [4.69, 9.17) is 4.74 Å². The van der Waals surface area contributed by atoms with E-state index >= 15 is 0 Å². The monoisotopic (exact) mass is 422 g/mol. The number of nitrogens with one attached hydrogen (secondary N) is 3. The summed E-state index contributed by atoms with van der Waals surface area (Å²) in [6.45, 7) is 5.02. The number of pyridine rings is 1. The van der Waals surface area contributed by atoms with Crippen LogP contribution in [-0.4, -0.2) is 50.9 Å². The summed E-state index contributed by atoms with van der Waals surface area (Å²) in [6, 6.07) is 10.9. The summed E-state index contributed by atoms with van der Waals surface area (Å²) in [5.74, 6) is 0. The van der Waals surface area contributed by atoms with Gasteiger partial charge in [-0.1, -0.05) is 18.2 Å². The Hall–Kier alpha value is -2.04. The van der Waals surface area contributed by atoms with Gasteiger partial charge < -0.3 is 15.2 Å². The predicted octanol–water partition coefficient (Wildman–Crippen LogP) is 1.62. The normalized spacial score (nSPS) is 13.2. The van der Waals surface area contributed by atoms with Gasteiger partial charge in [-0.25, -0.2) is 0 Å². The van der Waals surface area contributed by atoms with Crippen LogP contribution in [0.15, 0.2) is 48.8 Å². The Morgan fingerprint density at radius 2 is 1.93 bits per heavy atom. The number of β-amino-alcohol motifs (C(OH)–C–C–N with tert-alkyl or cyclic N) is 1. The number of aliphatic hydroxyl groups excluding tert-OH is 1. The fourth-order valence-electron chi connectivity index (χ4n) is 2.80. The van der Waals surface area contributed by atoms with Crippen LogP contribution >= 0.6 is 0 Å². The first-order valence-electron chi connectivity index (χ1n) is 9.39. The Bertz CT molecular complexity index is 843. The van der Waals surface area contributed by atoms with Crippen molar-refractivity contribution in [3.63, 3.8) is 0 Å². The maximum atomic E-state index is 11.9. The van der Waals surface area contributed by atoms with Crippen LogP contribution in [0.3, 0.4) is 0 Å². The fourth-order valence-corrected chi connectivity index (χ4v) is 3.67. The molecule has 8 nitrogen and oxygen atoms in total. The molecule has 0 aliphatic carbocycles. The van der Waals surface area contributed by atoms with Gasteiger partial charge in [0.1, 0.15) is 0 Å². The van der Waals surface area contributed by atoms with Crippen molar-refractivity contribution in [3.8, 4) is 0 Å². The lowest BCUT2D eigenvalue weighted by Gasteiger charge is -2.28. The topological polar surface area (TPSA) is 113 Å². The minimum Gasteiger partial charge on any atom is -0.387 e. The van der Waals surface area contributed by atoms with E-state index in [0.29, 0.717) is 25.3 Å². The van der Waals surface area contributed by atoms with Crippen LogP contribution in [0.1, 0.15) is 31.1 Å². The highest BCUT2D eigenvalue weighted by Crippen LogP contribution is 2.18. The van der Waals surface area contributed by atoms with Crippen LogP contribution < -0.4 is 14.8 Å². The zero-order valence-electron chi connectivity index (χ0n) is 17.1. The van der Waals surface area contributed by atoms with Crippen molar-refractivity contribution in [2.45, 2.75) is 31.9 Å². The Labute approximate surface area is 172 Å². The number of aliphatic hydroxyl groups is 1. The Morgan fingerprint density at radius 1 is 1.21 bits per heavy atom. The molecule has 2 rings (SSSR count). The Kier molecular flexibility index (Phi) is 8.54. The van der Waals surface area contributed by atoms with Gasteiger partial charge in [-0.15, -0.1) is 0 Å². The maximum Gasteiger partial charge on any atom is 0.299 e. The highest BCUT2D eigenvalue weighted by Gasteiger charge is 2.20. The molecule has 160 valence electrons. The summed E-state index contributed by atoms with van der Waals surface area (Å²) < 4.78 is 33.6. The van der Waals surface area contributed by atoms with E-state index in [1.165, 1.54) is 7.11 Å². The lowest BCUT2D eigenvalue weighted by molar-refractivity contribution is 0.160. The molecule has 4 N–H and O–H groups in total. The van der Waals surface area contributed by atoms with E-state index in [9.17, 15) is 13.5 Å². The molecule has 0 radical (unpaired) electrons. The van der Waals surface area contributed by atoms with Gasteiger partial charge in [0.05, 0.1) is 12.7 Å². The molecular weight excluding hydrogens is 392 g/mol. The third kappa shape index (κ3) is 8.46. The predicted molar refractivity (Wildman–Crippen MR) is 114 cm³/mol. The van der Waals surface area contributed by atoms with E-state index < -0.39 is 16.3 Å². The number of rotatable bonds is 12. The molecule has 0 spiro atoms. The molecule has 0 saturated carbocycles. The second-order valence-corrected chi connectivity index (χ2v) is 8.93. The highest BCUT2D eigenvalue weighted by molar-refractivity contribution is 7.90. The van der Waals surface area contributed by atoms with Gasteiger partial charge in [0.15, 0.2) is 0 Å². The minimum absolute atomic E-state index is 0.203. The van der Waals surface area contributed by atoms with Crippen molar-refractivity contribution in [2.75, 3.05) is 31.5 Å². The largest absolute Gasteiger partial charge is 0.387 e. The van der Waals surface area contributed by atoms with Crippen molar-refractivity contribution < 1.29 is 18.3 Å². The number of nitrogens with zero attached hydrogens (tertiary/aromatic N) is 1. The second kappa shape index (κ2) is 10.7. The first-order chi connectivity index (χ1) is 13.7. The van der Waals surface area contributed by atoms with Crippen LogP contribution in [0.4, 0.5) is 5.69 Å². The first kappa shape index (κ1) is 23.2. The number of ether oxygens (including phenoxy) is 1. The Balaban J connectivity index is 1.87. The third-order valence-corrected chi connectivity index (χ3v) is 5.38. The van der Waals surface area contributed by atoms with Crippen LogP contribution in [0.25, 0.3) is 0 Å². The van der Waals surface area contributed by atoms with Crippen molar-refractivity contribution in [1.82, 2.24) is 15.0 Å². The van der Waals surface area contributed by atoms with E-state index in [-0.39, 0.29) is 12.1 Å².